The summed E-state index contributed by atoms with van der Waals surface area (Å²) in [4.78, 5) is 27.8. The number of nitrogens with one attached hydrogen (secondary N) is 1. The Hall–Kier alpha value is -2.47. The first kappa shape index (κ1) is 20.8. The maximum atomic E-state index is 12.6. The molecule has 0 saturated heterocycles. The lowest BCUT2D eigenvalue weighted by Gasteiger charge is -2.29. The first-order valence-corrected chi connectivity index (χ1v) is 11.7. The van der Waals surface area contributed by atoms with E-state index in [9.17, 15) is 9.59 Å². The third kappa shape index (κ3) is 5.36. The summed E-state index contributed by atoms with van der Waals surface area (Å²) >= 11 is 1.77. The number of benzene rings is 2. The largest absolute Gasteiger partial charge is 0.490 e. The lowest BCUT2D eigenvalue weighted by molar-refractivity contribution is -0.125. The van der Waals surface area contributed by atoms with E-state index < -0.39 is 0 Å². The van der Waals surface area contributed by atoms with Crippen molar-refractivity contribution >= 4 is 29.3 Å². The summed E-state index contributed by atoms with van der Waals surface area (Å²) in [7, 11) is 0. The van der Waals surface area contributed by atoms with Gasteiger partial charge in [0.05, 0.1) is 11.8 Å². The number of para-hydroxylation sites is 1. The first-order valence-electron chi connectivity index (χ1n) is 10.7. The molecule has 158 valence electrons. The summed E-state index contributed by atoms with van der Waals surface area (Å²) < 4.78 is 5.97. The van der Waals surface area contributed by atoms with Crippen molar-refractivity contribution in [2.75, 3.05) is 17.2 Å². The average Bonchev–Trinajstić information content (AvgIpc) is 3.29. The molecule has 2 aromatic carbocycles. The molecule has 0 aromatic heterocycles. The van der Waals surface area contributed by atoms with Crippen LogP contribution in [0.2, 0.25) is 0 Å². The number of nitrogens with zero attached hydrogens (tertiary/aromatic N) is 1. The van der Waals surface area contributed by atoms with E-state index in [1.807, 2.05) is 53.4 Å². The molecule has 0 radical (unpaired) electrons. The van der Waals surface area contributed by atoms with E-state index in [4.69, 9.17) is 4.74 Å². The fourth-order valence-electron chi connectivity index (χ4n) is 3.96. The predicted molar refractivity (Wildman–Crippen MR) is 120 cm³/mol. The van der Waals surface area contributed by atoms with E-state index in [1.54, 1.807) is 11.8 Å². The molecule has 2 aromatic rings. The molecule has 4 rings (SSSR count). The third-order valence-corrected chi connectivity index (χ3v) is 6.66. The summed E-state index contributed by atoms with van der Waals surface area (Å²) in [5.74, 6) is 1.68. The molecule has 1 fully saturated rings. The van der Waals surface area contributed by atoms with E-state index in [0.717, 1.165) is 40.5 Å². The normalized spacial score (nSPS) is 16.2. The number of carbonyl (C=O) groups is 2. The van der Waals surface area contributed by atoms with Crippen molar-refractivity contribution in [3.05, 3.63) is 54.1 Å². The number of amides is 2. The zero-order valence-corrected chi connectivity index (χ0v) is 18.0. The number of thioether (sulfide) groups is 1. The molecule has 1 aliphatic heterocycles. The number of anilines is 1. The van der Waals surface area contributed by atoms with Crippen molar-refractivity contribution in [1.29, 1.82) is 0 Å². The van der Waals surface area contributed by atoms with Gasteiger partial charge in [-0.15, -0.1) is 11.8 Å². The van der Waals surface area contributed by atoms with E-state index in [0.29, 0.717) is 19.2 Å². The quantitative estimate of drug-likeness (QED) is 0.709. The van der Waals surface area contributed by atoms with Crippen LogP contribution >= 0.6 is 11.8 Å². The minimum absolute atomic E-state index is 0.00585. The van der Waals surface area contributed by atoms with E-state index in [1.165, 1.54) is 12.8 Å². The Morgan fingerprint density at radius 2 is 1.80 bits per heavy atom. The topological polar surface area (TPSA) is 58.6 Å². The number of fused-ring (bicyclic) bond motifs is 1. The van der Waals surface area contributed by atoms with E-state index in [2.05, 4.69) is 5.32 Å². The third-order valence-electron chi connectivity index (χ3n) is 5.61. The SMILES string of the molecule is O=C(CCC(=O)N1CCSc2ccccc21)NCc1ccc(OC2CCCC2)cc1. The fraction of sp³-hybridized carbons (Fsp3) is 0.417. The number of ether oxygens (including phenoxy) is 1. The minimum Gasteiger partial charge on any atom is -0.490 e. The van der Waals surface area contributed by atoms with Crippen molar-refractivity contribution in [2.24, 2.45) is 0 Å². The van der Waals surface area contributed by atoms with Crippen LogP contribution in [-0.4, -0.2) is 30.2 Å². The van der Waals surface area contributed by atoms with Crippen molar-refractivity contribution < 1.29 is 14.3 Å². The van der Waals surface area contributed by atoms with Gasteiger partial charge in [0.15, 0.2) is 0 Å². The molecule has 1 saturated carbocycles. The molecular formula is C24H28N2O3S. The smallest absolute Gasteiger partial charge is 0.227 e. The van der Waals surface area contributed by atoms with Gasteiger partial charge in [0.1, 0.15) is 5.75 Å². The number of carbonyl (C=O) groups excluding carboxylic acids is 2. The molecule has 5 nitrogen and oxygen atoms in total. The van der Waals surface area contributed by atoms with Gasteiger partial charge in [0, 0.05) is 36.6 Å². The van der Waals surface area contributed by atoms with Gasteiger partial charge in [0.25, 0.3) is 0 Å². The van der Waals surface area contributed by atoms with Crippen LogP contribution in [0.1, 0.15) is 44.1 Å². The Kier molecular flexibility index (Phi) is 6.95. The maximum absolute atomic E-state index is 12.6. The zero-order valence-electron chi connectivity index (χ0n) is 17.1. The molecule has 0 unspecified atom stereocenters. The lowest BCUT2D eigenvalue weighted by Crippen LogP contribution is -2.36. The molecule has 1 heterocycles. The van der Waals surface area contributed by atoms with Gasteiger partial charge in [-0.05, 0) is 55.5 Å². The molecule has 1 aliphatic carbocycles. The van der Waals surface area contributed by atoms with E-state index in [-0.39, 0.29) is 24.7 Å². The minimum atomic E-state index is -0.102. The molecule has 0 spiro atoms. The van der Waals surface area contributed by atoms with Crippen molar-refractivity contribution in [3.63, 3.8) is 0 Å². The molecule has 2 aliphatic rings. The Bertz CT molecular complexity index is 878. The van der Waals surface area contributed by atoms with Gasteiger partial charge in [0.2, 0.25) is 11.8 Å². The van der Waals surface area contributed by atoms with Crippen LogP contribution in [0.25, 0.3) is 0 Å². The second kappa shape index (κ2) is 10.0. The molecule has 30 heavy (non-hydrogen) atoms. The van der Waals surface area contributed by atoms with Crippen LogP contribution in [0.4, 0.5) is 5.69 Å². The summed E-state index contributed by atoms with van der Waals surface area (Å²) in [6.07, 6.45) is 5.54. The molecule has 0 atom stereocenters. The predicted octanol–water partition coefficient (Wildman–Crippen LogP) is 4.54. The van der Waals surface area contributed by atoms with Gasteiger partial charge < -0.3 is 15.0 Å². The number of rotatable bonds is 7. The summed E-state index contributed by atoms with van der Waals surface area (Å²) in [6.45, 7) is 1.15. The Morgan fingerprint density at radius 3 is 2.60 bits per heavy atom. The molecule has 6 heteroatoms. The molecule has 2 amide bonds. The highest BCUT2D eigenvalue weighted by Crippen LogP contribution is 2.34. The fourth-order valence-corrected chi connectivity index (χ4v) is 4.95. The van der Waals surface area contributed by atoms with Crippen LogP contribution in [0.5, 0.6) is 5.75 Å². The maximum Gasteiger partial charge on any atom is 0.227 e. The van der Waals surface area contributed by atoms with Crippen LogP contribution in [-0.2, 0) is 16.1 Å². The monoisotopic (exact) mass is 424 g/mol. The second-order valence-corrected chi connectivity index (χ2v) is 8.94. The molecule has 1 N–H and O–H groups in total. The van der Waals surface area contributed by atoms with Gasteiger partial charge in [-0.2, -0.15) is 0 Å². The number of hydrogen-bond acceptors (Lipinski definition) is 4. The summed E-state index contributed by atoms with van der Waals surface area (Å²) in [5.41, 5.74) is 1.98. The van der Waals surface area contributed by atoms with Gasteiger partial charge in [-0.25, -0.2) is 0 Å². The highest BCUT2D eigenvalue weighted by molar-refractivity contribution is 7.99. The van der Waals surface area contributed by atoms with Crippen molar-refractivity contribution in [2.45, 2.75) is 56.1 Å². The van der Waals surface area contributed by atoms with Gasteiger partial charge in [-0.3, -0.25) is 9.59 Å². The van der Waals surface area contributed by atoms with Crippen LogP contribution in [0.15, 0.2) is 53.4 Å². The standard InChI is InChI=1S/C24H28N2O3S/c27-23(13-14-24(28)26-15-16-30-22-8-4-3-7-21(22)26)25-17-18-9-11-20(12-10-18)29-19-5-1-2-6-19/h3-4,7-12,19H,1-2,5-6,13-17H2,(H,25,27). The van der Waals surface area contributed by atoms with Gasteiger partial charge in [-0.1, -0.05) is 24.3 Å². The first-order chi connectivity index (χ1) is 14.7. The van der Waals surface area contributed by atoms with Crippen molar-refractivity contribution in [1.82, 2.24) is 5.32 Å². The van der Waals surface area contributed by atoms with Crippen LogP contribution in [0, 0.1) is 0 Å². The average molecular weight is 425 g/mol. The Morgan fingerprint density at radius 1 is 1.03 bits per heavy atom. The summed E-state index contributed by atoms with van der Waals surface area (Å²) in [6, 6.07) is 15.8. The molecule has 0 bridgehead atoms. The van der Waals surface area contributed by atoms with Crippen LogP contribution < -0.4 is 15.0 Å². The van der Waals surface area contributed by atoms with Crippen LogP contribution in [0.3, 0.4) is 0 Å². The number of hydrogen-bond donors (Lipinski definition) is 1. The second-order valence-electron chi connectivity index (χ2n) is 7.81. The Balaban J connectivity index is 1.21. The highest BCUT2D eigenvalue weighted by Gasteiger charge is 2.23. The summed E-state index contributed by atoms with van der Waals surface area (Å²) in [5, 5.41) is 2.91. The lowest BCUT2D eigenvalue weighted by atomic mass is 10.2. The Labute approximate surface area is 182 Å². The van der Waals surface area contributed by atoms with Crippen molar-refractivity contribution in [3.8, 4) is 5.75 Å². The highest BCUT2D eigenvalue weighted by atomic mass is 32.2. The molecular weight excluding hydrogens is 396 g/mol. The van der Waals surface area contributed by atoms with E-state index >= 15 is 0 Å². The zero-order chi connectivity index (χ0) is 20.8. The van der Waals surface area contributed by atoms with Gasteiger partial charge >= 0.3 is 0 Å².